The van der Waals surface area contributed by atoms with Crippen LogP contribution < -0.4 is 5.73 Å². The van der Waals surface area contributed by atoms with E-state index in [0.717, 1.165) is 11.8 Å². The van der Waals surface area contributed by atoms with Crippen molar-refractivity contribution in [1.29, 1.82) is 0 Å². The van der Waals surface area contributed by atoms with Crippen molar-refractivity contribution in [3.63, 3.8) is 0 Å². The second kappa shape index (κ2) is 4.13. The van der Waals surface area contributed by atoms with Gasteiger partial charge in [0.15, 0.2) is 0 Å². The van der Waals surface area contributed by atoms with E-state index in [1.165, 1.54) is 18.3 Å². The van der Waals surface area contributed by atoms with Crippen LogP contribution >= 0.6 is 11.8 Å². The maximum atomic E-state index is 13.5. The van der Waals surface area contributed by atoms with E-state index in [1.807, 2.05) is 0 Å². The number of nitrogens with zero attached hydrogens (tertiary/aromatic N) is 1. The molecule has 1 aromatic heterocycles. The highest BCUT2D eigenvalue weighted by Gasteiger charge is 2.13. The van der Waals surface area contributed by atoms with Gasteiger partial charge in [-0.1, -0.05) is 0 Å². The van der Waals surface area contributed by atoms with Crippen LogP contribution in [-0.4, -0.2) is 16.5 Å². The summed E-state index contributed by atoms with van der Waals surface area (Å²) in [6, 6.07) is 2.49. The molecule has 0 aliphatic heterocycles. The molecule has 0 aliphatic carbocycles. The Morgan fingerprint density at radius 2 is 1.94 bits per heavy atom. The Morgan fingerprint density at radius 1 is 1.31 bits per heavy atom. The Labute approximate surface area is 95.0 Å². The van der Waals surface area contributed by atoms with Crippen LogP contribution in [0.3, 0.4) is 0 Å². The molecular weight excluding hydrogens is 232 g/mol. The summed E-state index contributed by atoms with van der Waals surface area (Å²) >= 11 is 1.03. The van der Waals surface area contributed by atoms with Gasteiger partial charge < -0.3 is 5.73 Å². The number of rotatable bonds is 2. The van der Waals surface area contributed by atoms with E-state index in [0.29, 0.717) is 11.1 Å². The van der Waals surface area contributed by atoms with Gasteiger partial charge in [0.1, 0.15) is 17.5 Å². The van der Waals surface area contributed by atoms with Gasteiger partial charge in [0, 0.05) is 5.56 Å². The lowest BCUT2D eigenvalue weighted by atomic mass is 10.1. The van der Waals surface area contributed by atoms with Crippen LogP contribution in [-0.2, 0) is 0 Å². The van der Waals surface area contributed by atoms with Crippen molar-refractivity contribution in [2.45, 2.75) is 4.90 Å². The second-order valence-electron chi connectivity index (χ2n) is 3.17. The van der Waals surface area contributed by atoms with E-state index >= 15 is 0 Å². The number of aromatic nitrogens is 2. The van der Waals surface area contributed by atoms with Crippen LogP contribution in [0, 0.1) is 11.6 Å². The molecule has 0 radical (unpaired) electrons. The summed E-state index contributed by atoms with van der Waals surface area (Å²) in [6.07, 6.45) is 3.05. The van der Waals surface area contributed by atoms with Crippen molar-refractivity contribution in [2.24, 2.45) is 0 Å². The lowest BCUT2D eigenvalue weighted by Crippen LogP contribution is -1.92. The molecule has 0 fully saturated rings. The van der Waals surface area contributed by atoms with Crippen LogP contribution in [0.1, 0.15) is 0 Å². The minimum Gasteiger partial charge on any atom is -0.384 e. The molecule has 0 saturated carbocycles. The summed E-state index contributed by atoms with van der Waals surface area (Å²) in [5.41, 5.74) is 6.44. The van der Waals surface area contributed by atoms with E-state index in [-0.39, 0.29) is 10.7 Å². The van der Waals surface area contributed by atoms with Crippen molar-refractivity contribution < 1.29 is 8.78 Å². The predicted molar refractivity (Wildman–Crippen MR) is 60.1 cm³/mol. The molecule has 0 bridgehead atoms. The van der Waals surface area contributed by atoms with Gasteiger partial charge in [-0.3, -0.25) is 5.10 Å². The standard InChI is InChI=1S/C10H9F2N3S/c1-16-9-7(11)2-5(3-8(9)12)6-4-14-15-10(6)13/h2-4H,1H3,(H3,13,14,15). The van der Waals surface area contributed by atoms with Crippen molar-refractivity contribution in [3.8, 4) is 11.1 Å². The third-order valence-corrected chi connectivity index (χ3v) is 2.98. The third-order valence-electron chi connectivity index (χ3n) is 2.18. The quantitative estimate of drug-likeness (QED) is 0.795. The average Bonchev–Trinajstić information content (AvgIpc) is 2.64. The Bertz CT molecular complexity index is 502. The smallest absolute Gasteiger partial charge is 0.140 e. The molecule has 2 aromatic rings. The second-order valence-corrected chi connectivity index (χ2v) is 3.99. The molecule has 16 heavy (non-hydrogen) atoms. The fraction of sp³-hybridized carbons (Fsp3) is 0.100. The van der Waals surface area contributed by atoms with E-state index < -0.39 is 11.6 Å². The van der Waals surface area contributed by atoms with E-state index in [4.69, 9.17) is 5.73 Å². The zero-order valence-electron chi connectivity index (χ0n) is 8.42. The molecule has 0 spiro atoms. The molecule has 0 aliphatic rings. The molecule has 1 aromatic carbocycles. The normalized spacial score (nSPS) is 10.7. The molecule has 2 rings (SSSR count). The van der Waals surface area contributed by atoms with Crippen LogP contribution in [0.15, 0.2) is 23.2 Å². The molecule has 3 nitrogen and oxygen atoms in total. The van der Waals surface area contributed by atoms with Gasteiger partial charge in [-0.25, -0.2) is 8.78 Å². The van der Waals surface area contributed by atoms with E-state index in [2.05, 4.69) is 10.2 Å². The molecule has 0 unspecified atom stereocenters. The largest absolute Gasteiger partial charge is 0.384 e. The van der Waals surface area contributed by atoms with Gasteiger partial charge in [0.05, 0.1) is 11.1 Å². The molecule has 84 valence electrons. The zero-order chi connectivity index (χ0) is 11.7. The number of benzene rings is 1. The van der Waals surface area contributed by atoms with E-state index in [1.54, 1.807) is 6.26 Å². The first-order valence-corrected chi connectivity index (χ1v) is 5.68. The van der Waals surface area contributed by atoms with E-state index in [9.17, 15) is 8.78 Å². The molecule has 3 N–H and O–H groups in total. The first-order valence-electron chi connectivity index (χ1n) is 4.45. The number of aromatic amines is 1. The molecule has 6 heteroatoms. The van der Waals surface area contributed by atoms with Crippen LogP contribution in [0.5, 0.6) is 0 Å². The number of anilines is 1. The van der Waals surface area contributed by atoms with Gasteiger partial charge >= 0.3 is 0 Å². The summed E-state index contributed by atoms with van der Waals surface area (Å²) in [5.74, 6) is -0.901. The Hall–Kier alpha value is -1.56. The maximum Gasteiger partial charge on any atom is 0.140 e. The molecule has 0 saturated heterocycles. The monoisotopic (exact) mass is 241 g/mol. The van der Waals surface area contributed by atoms with Crippen LogP contribution in [0.4, 0.5) is 14.6 Å². The predicted octanol–water partition coefficient (Wildman–Crippen LogP) is 2.66. The minimum atomic E-state index is -0.594. The highest BCUT2D eigenvalue weighted by molar-refractivity contribution is 7.98. The van der Waals surface area contributed by atoms with Crippen LogP contribution in [0.2, 0.25) is 0 Å². The first kappa shape index (κ1) is 10.9. The lowest BCUT2D eigenvalue weighted by molar-refractivity contribution is 0.542. The fourth-order valence-corrected chi connectivity index (χ4v) is 1.94. The van der Waals surface area contributed by atoms with Gasteiger partial charge in [-0.05, 0) is 24.0 Å². The average molecular weight is 241 g/mol. The van der Waals surface area contributed by atoms with Gasteiger partial charge in [0.2, 0.25) is 0 Å². The molecule has 0 atom stereocenters. The number of halogens is 2. The molecule has 0 amide bonds. The number of hydrogen-bond donors (Lipinski definition) is 2. The highest BCUT2D eigenvalue weighted by Crippen LogP contribution is 2.30. The fourth-order valence-electron chi connectivity index (χ4n) is 1.44. The van der Waals surface area contributed by atoms with Crippen molar-refractivity contribution in [1.82, 2.24) is 10.2 Å². The van der Waals surface area contributed by atoms with Gasteiger partial charge in [0.25, 0.3) is 0 Å². The Morgan fingerprint density at radius 3 is 2.38 bits per heavy atom. The number of nitrogens with two attached hydrogens (primary N) is 1. The highest BCUT2D eigenvalue weighted by atomic mass is 32.2. The number of H-pyrrole nitrogens is 1. The lowest BCUT2D eigenvalue weighted by Gasteiger charge is -2.05. The number of thioether (sulfide) groups is 1. The van der Waals surface area contributed by atoms with Crippen LogP contribution in [0.25, 0.3) is 11.1 Å². The molecular formula is C10H9F2N3S. The third kappa shape index (κ3) is 1.76. The first-order chi connectivity index (χ1) is 7.63. The number of nitrogen functional groups attached to an aromatic ring is 1. The van der Waals surface area contributed by atoms with Gasteiger partial charge in [-0.15, -0.1) is 11.8 Å². The zero-order valence-corrected chi connectivity index (χ0v) is 9.24. The number of hydrogen-bond acceptors (Lipinski definition) is 3. The minimum absolute atomic E-state index is 0.00539. The summed E-state index contributed by atoms with van der Waals surface area (Å²) in [5, 5.41) is 6.21. The summed E-state index contributed by atoms with van der Waals surface area (Å²) in [4.78, 5) is 0.00539. The summed E-state index contributed by atoms with van der Waals surface area (Å²) in [7, 11) is 0. The summed E-state index contributed by atoms with van der Waals surface area (Å²) in [6.45, 7) is 0. The SMILES string of the molecule is CSc1c(F)cc(-c2cn[nH]c2N)cc1F. The maximum absolute atomic E-state index is 13.5. The van der Waals surface area contributed by atoms with Gasteiger partial charge in [-0.2, -0.15) is 5.10 Å². The summed E-state index contributed by atoms with van der Waals surface area (Å²) < 4.78 is 27.0. The number of nitrogens with one attached hydrogen (secondary N) is 1. The Kier molecular flexibility index (Phi) is 2.82. The topological polar surface area (TPSA) is 54.7 Å². The van der Waals surface area contributed by atoms with Crippen molar-refractivity contribution in [3.05, 3.63) is 30.0 Å². The van der Waals surface area contributed by atoms with Crippen molar-refractivity contribution in [2.75, 3.05) is 12.0 Å². The van der Waals surface area contributed by atoms with Crippen molar-refractivity contribution >= 4 is 17.6 Å². The molecule has 1 heterocycles. The Balaban J connectivity index is 2.57.